The lowest BCUT2D eigenvalue weighted by atomic mass is 9.90. The first kappa shape index (κ1) is 20.0. The molecule has 2 atom stereocenters. The Kier molecular flexibility index (Phi) is 5.39. The first-order chi connectivity index (χ1) is 13.3. The molecule has 0 saturated heterocycles. The van der Waals surface area contributed by atoms with Gasteiger partial charge in [-0.15, -0.1) is 0 Å². The fourth-order valence-electron chi connectivity index (χ4n) is 3.78. The zero-order chi connectivity index (χ0) is 19.9. The van der Waals surface area contributed by atoms with Crippen LogP contribution in [0.4, 0.5) is 0 Å². The number of alkyl halides is 3. The molecule has 0 N–H and O–H groups in total. The molecule has 28 heavy (non-hydrogen) atoms. The maximum absolute atomic E-state index is 13.1. The van der Waals surface area contributed by atoms with Crippen molar-refractivity contribution in [3.8, 4) is 0 Å². The van der Waals surface area contributed by atoms with Gasteiger partial charge in [0.15, 0.2) is 0 Å². The number of hydrogen-bond donors (Lipinski definition) is 0. The van der Waals surface area contributed by atoms with E-state index in [0.717, 1.165) is 21.0 Å². The topological polar surface area (TPSA) is 26.3 Å². The van der Waals surface area contributed by atoms with Crippen LogP contribution in [0.5, 0.6) is 0 Å². The highest BCUT2D eigenvalue weighted by atomic mass is 79.9. The molecule has 6 heteroatoms. The maximum Gasteiger partial charge on any atom is 0.317 e. The van der Waals surface area contributed by atoms with E-state index in [1.807, 2.05) is 36.4 Å². The number of benzene rings is 3. The minimum atomic E-state index is -1.64. The van der Waals surface area contributed by atoms with Gasteiger partial charge in [-0.1, -0.05) is 105 Å². The molecule has 0 amide bonds. The third-order valence-corrected chi connectivity index (χ3v) is 6.08. The van der Waals surface area contributed by atoms with Gasteiger partial charge in [-0.2, -0.15) is 0 Å². The molecule has 0 spiro atoms. The largest absolute Gasteiger partial charge is 0.460 e. The second-order valence-electron chi connectivity index (χ2n) is 7.03. The Bertz CT molecular complexity index is 1030. The zero-order valence-corrected chi connectivity index (χ0v) is 18.5. The molecule has 0 unspecified atom stereocenters. The van der Waals surface area contributed by atoms with Crippen molar-refractivity contribution < 1.29 is 9.53 Å². The van der Waals surface area contributed by atoms with Crippen molar-refractivity contribution in [3.63, 3.8) is 0 Å². The van der Waals surface area contributed by atoms with Crippen molar-refractivity contribution in [1.82, 2.24) is 0 Å². The van der Waals surface area contributed by atoms with Crippen molar-refractivity contribution in [2.24, 2.45) is 0 Å². The molecule has 2 nitrogen and oxygen atoms in total. The third-order valence-electron chi connectivity index (χ3n) is 5.23. The van der Waals surface area contributed by atoms with Crippen LogP contribution in [0.3, 0.4) is 0 Å². The van der Waals surface area contributed by atoms with Crippen molar-refractivity contribution in [1.29, 1.82) is 0 Å². The van der Waals surface area contributed by atoms with Gasteiger partial charge < -0.3 is 4.74 Å². The van der Waals surface area contributed by atoms with E-state index in [1.54, 1.807) is 0 Å². The Labute approximate surface area is 186 Å². The van der Waals surface area contributed by atoms with Gasteiger partial charge in [0, 0.05) is 10.4 Å². The number of esters is 1. The van der Waals surface area contributed by atoms with Crippen LogP contribution in [-0.4, -0.2) is 16.4 Å². The highest BCUT2D eigenvalue weighted by Crippen LogP contribution is 2.61. The van der Waals surface area contributed by atoms with Crippen LogP contribution in [-0.2, 0) is 14.9 Å². The Morgan fingerprint density at radius 1 is 1.04 bits per heavy atom. The quantitative estimate of drug-likeness (QED) is 0.288. The maximum atomic E-state index is 13.1. The molecule has 1 aliphatic carbocycles. The highest BCUT2D eigenvalue weighted by molar-refractivity contribution is 9.10. The van der Waals surface area contributed by atoms with E-state index < -0.39 is 9.21 Å². The number of ether oxygens (including phenoxy) is 1. The van der Waals surface area contributed by atoms with Crippen LogP contribution in [0, 0.1) is 0 Å². The van der Waals surface area contributed by atoms with Crippen LogP contribution in [0.25, 0.3) is 10.8 Å². The van der Waals surface area contributed by atoms with Gasteiger partial charge in [0.1, 0.15) is 12.0 Å². The predicted octanol–water partition coefficient (Wildman–Crippen LogP) is 6.94. The van der Waals surface area contributed by atoms with E-state index in [0.29, 0.717) is 6.42 Å². The van der Waals surface area contributed by atoms with E-state index in [4.69, 9.17) is 39.5 Å². The fourth-order valence-corrected chi connectivity index (χ4v) is 4.20. The first-order valence-corrected chi connectivity index (χ1v) is 10.7. The number of halogens is 4. The van der Waals surface area contributed by atoms with Gasteiger partial charge in [-0.05, 0) is 40.5 Å². The SMILES string of the molecule is O=C(OCC(Cl)(Cl)Cl)[C@@]1(c2ccc(Br)cc2)C[C@@H]1c1ccc2ccccc2c1. The molecule has 0 radical (unpaired) electrons. The second kappa shape index (κ2) is 7.53. The van der Waals surface area contributed by atoms with Crippen molar-refractivity contribution >= 4 is 67.5 Å². The van der Waals surface area contributed by atoms with E-state index in [-0.39, 0.29) is 18.5 Å². The lowest BCUT2D eigenvalue weighted by Crippen LogP contribution is -2.28. The molecule has 0 heterocycles. The molecule has 3 aromatic carbocycles. The van der Waals surface area contributed by atoms with E-state index in [2.05, 4.69) is 46.3 Å². The molecular formula is C22H16BrCl3O2. The summed E-state index contributed by atoms with van der Waals surface area (Å²) in [5.74, 6) is -0.347. The van der Waals surface area contributed by atoms with Crippen LogP contribution in [0.2, 0.25) is 0 Å². The predicted molar refractivity (Wildman–Crippen MR) is 118 cm³/mol. The van der Waals surface area contributed by atoms with Gasteiger partial charge in [-0.25, -0.2) is 0 Å². The van der Waals surface area contributed by atoms with Gasteiger partial charge in [0.2, 0.25) is 3.79 Å². The van der Waals surface area contributed by atoms with Crippen molar-refractivity contribution in [3.05, 3.63) is 82.3 Å². The van der Waals surface area contributed by atoms with Gasteiger partial charge in [0.25, 0.3) is 0 Å². The minimum Gasteiger partial charge on any atom is -0.460 e. The summed E-state index contributed by atoms with van der Waals surface area (Å²) in [5, 5.41) is 2.31. The number of hydrogen-bond acceptors (Lipinski definition) is 2. The third kappa shape index (κ3) is 3.91. The number of carbonyl (C=O) groups excluding carboxylic acids is 1. The summed E-state index contributed by atoms with van der Waals surface area (Å²) < 4.78 is 4.72. The first-order valence-electron chi connectivity index (χ1n) is 8.78. The smallest absolute Gasteiger partial charge is 0.317 e. The number of rotatable bonds is 4. The Balaban J connectivity index is 1.70. The molecule has 1 aliphatic rings. The summed E-state index contributed by atoms with van der Waals surface area (Å²) in [7, 11) is 0. The Morgan fingerprint density at radius 2 is 1.71 bits per heavy atom. The van der Waals surface area contributed by atoms with Crippen molar-refractivity contribution in [2.45, 2.75) is 21.5 Å². The number of fused-ring (bicyclic) bond motifs is 1. The zero-order valence-electron chi connectivity index (χ0n) is 14.7. The monoisotopic (exact) mass is 496 g/mol. The van der Waals surface area contributed by atoms with Crippen LogP contribution < -0.4 is 0 Å². The summed E-state index contributed by atoms with van der Waals surface area (Å²) in [6.07, 6.45) is 0.658. The second-order valence-corrected chi connectivity index (χ2v) is 10.5. The lowest BCUT2D eigenvalue weighted by Gasteiger charge is -2.19. The standard InChI is InChI=1S/C22H16BrCl3O2/c23-18-9-7-17(8-10-18)21(20(27)28-13-22(24,25)26)12-19(21)16-6-5-14-3-1-2-4-15(14)11-16/h1-11,19H,12-13H2/t19-,21-/m1/s1. The molecule has 4 rings (SSSR count). The number of carbonyl (C=O) groups is 1. The molecule has 3 aromatic rings. The van der Waals surface area contributed by atoms with Gasteiger partial charge in [-0.3, -0.25) is 4.79 Å². The Morgan fingerprint density at radius 3 is 2.39 bits per heavy atom. The van der Waals surface area contributed by atoms with Crippen LogP contribution in [0.1, 0.15) is 23.5 Å². The van der Waals surface area contributed by atoms with E-state index in [1.165, 1.54) is 5.39 Å². The molecule has 1 saturated carbocycles. The average molecular weight is 499 g/mol. The molecule has 0 aromatic heterocycles. The van der Waals surface area contributed by atoms with Crippen LogP contribution in [0.15, 0.2) is 71.2 Å². The molecule has 1 fully saturated rings. The van der Waals surface area contributed by atoms with E-state index in [9.17, 15) is 4.79 Å². The normalized spacial score (nSPS) is 21.5. The lowest BCUT2D eigenvalue weighted by molar-refractivity contribution is -0.146. The fraction of sp³-hybridized carbons (Fsp3) is 0.227. The summed E-state index contributed by atoms with van der Waals surface area (Å²) in [6, 6.07) is 22.2. The summed E-state index contributed by atoms with van der Waals surface area (Å²) in [4.78, 5) is 13.1. The molecule has 0 bridgehead atoms. The highest BCUT2D eigenvalue weighted by Gasteiger charge is 2.63. The molecule has 144 valence electrons. The van der Waals surface area contributed by atoms with Crippen LogP contribution >= 0.6 is 50.7 Å². The van der Waals surface area contributed by atoms with Gasteiger partial charge in [0.05, 0.1) is 0 Å². The summed E-state index contributed by atoms with van der Waals surface area (Å²) in [5.41, 5.74) is 1.25. The Hall–Kier alpha value is -1.26. The molecule has 0 aliphatic heterocycles. The minimum absolute atomic E-state index is 0.0150. The van der Waals surface area contributed by atoms with Gasteiger partial charge >= 0.3 is 5.97 Å². The summed E-state index contributed by atoms with van der Waals surface area (Å²) in [6.45, 7) is -0.279. The van der Waals surface area contributed by atoms with E-state index >= 15 is 0 Å². The van der Waals surface area contributed by atoms with Crippen molar-refractivity contribution in [2.75, 3.05) is 6.61 Å². The summed E-state index contributed by atoms with van der Waals surface area (Å²) >= 11 is 20.8. The molecular weight excluding hydrogens is 483 g/mol. The average Bonchev–Trinajstić information content (AvgIpc) is 3.42.